The van der Waals surface area contributed by atoms with Crippen LogP contribution >= 0.6 is 0 Å². The van der Waals surface area contributed by atoms with Crippen LogP contribution in [0.1, 0.15) is 73.6 Å². The summed E-state index contributed by atoms with van der Waals surface area (Å²) in [4.78, 5) is 0. The Bertz CT molecular complexity index is 345. The lowest BCUT2D eigenvalue weighted by Gasteiger charge is -2.30. The molecule has 3 heteroatoms. The van der Waals surface area contributed by atoms with Gasteiger partial charge in [-0.2, -0.15) is 0 Å². The lowest BCUT2D eigenvalue weighted by molar-refractivity contribution is -0.0559. The molecule has 0 aromatic carbocycles. The molecule has 1 nitrogen and oxygen atoms in total. The zero-order valence-corrected chi connectivity index (χ0v) is 13.9. The summed E-state index contributed by atoms with van der Waals surface area (Å²) in [5.74, 6) is -3.20. The monoisotopic (exact) mass is 287 g/mol. The second-order valence-electron chi connectivity index (χ2n) is 5.95. The molecule has 118 valence electrons. The van der Waals surface area contributed by atoms with Gasteiger partial charge in [0.25, 0.3) is 5.92 Å². The van der Waals surface area contributed by atoms with Gasteiger partial charge in [0.05, 0.1) is 0 Å². The molecule has 0 radical (unpaired) electrons. The van der Waals surface area contributed by atoms with Crippen LogP contribution in [0.25, 0.3) is 0 Å². The Morgan fingerprint density at radius 2 is 1.65 bits per heavy atom. The van der Waals surface area contributed by atoms with Crippen molar-refractivity contribution in [2.75, 3.05) is 0 Å². The number of rotatable bonds is 9. The molecular formula is C17H31F2N. The van der Waals surface area contributed by atoms with E-state index in [2.05, 4.69) is 0 Å². The molecular weight excluding hydrogens is 256 g/mol. The van der Waals surface area contributed by atoms with Gasteiger partial charge in [0.2, 0.25) is 0 Å². The summed E-state index contributed by atoms with van der Waals surface area (Å²) in [7, 11) is 0. The van der Waals surface area contributed by atoms with E-state index in [1.165, 1.54) is 0 Å². The van der Waals surface area contributed by atoms with Crippen molar-refractivity contribution in [2.24, 2.45) is 11.8 Å². The number of hydrogen-bond acceptors (Lipinski definition) is 1. The third kappa shape index (κ3) is 5.34. The van der Waals surface area contributed by atoms with Crippen molar-refractivity contribution in [1.29, 1.82) is 5.41 Å². The van der Waals surface area contributed by atoms with E-state index < -0.39 is 11.8 Å². The first kappa shape index (κ1) is 19.3. The summed E-state index contributed by atoms with van der Waals surface area (Å²) >= 11 is 0. The summed E-state index contributed by atoms with van der Waals surface area (Å²) in [6.45, 7) is 11.3. The van der Waals surface area contributed by atoms with E-state index in [1.54, 1.807) is 13.8 Å². The van der Waals surface area contributed by atoms with Crippen molar-refractivity contribution >= 4 is 5.71 Å². The number of hydrogen-bond donors (Lipinski definition) is 1. The highest BCUT2D eigenvalue weighted by Gasteiger charge is 2.41. The number of alkyl halides is 2. The minimum atomic E-state index is -2.72. The van der Waals surface area contributed by atoms with Crippen molar-refractivity contribution in [3.8, 4) is 0 Å². The molecule has 0 heterocycles. The van der Waals surface area contributed by atoms with Gasteiger partial charge in [-0.05, 0) is 44.6 Å². The van der Waals surface area contributed by atoms with E-state index in [-0.39, 0.29) is 6.42 Å². The van der Waals surface area contributed by atoms with Gasteiger partial charge in [0.15, 0.2) is 0 Å². The first-order valence-corrected chi connectivity index (χ1v) is 7.84. The summed E-state index contributed by atoms with van der Waals surface area (Å²) in [5.41, 5.74) is 1.79. The maximum atomic E-state index is 14.6. The molecule has 0 bridgehead atoms. The summed E-state index contributed by atoms with van der Waals surface area (Å²) in [6, 6.07) is 0. The standard InChI is InChI=1S/C17H31F2N/c1-7-12(4)10-11-17(18,19)15(9-3)16(14(6)20)13(5)8-2/h12,15,20H,7-11H2,1-6H3. The van der Waals surface area contributed by atoms with E-state index in [0.29, 0.717) is 30.0 Å². The highest BCUT2D eigenvalue weighted by molar-refractivity contribution is 5.97. The van der Waals surface area contributed by atoms with E-state index in [1.807, 2.05) is 27.7 Å². The minimum Gasteiger partial charge on any atom is -0.305 e. The summed E-state index contributed by atoms with van der Waals surface area (Å²) < 4.78 is 29.1. The smallest absolute Gasteiger partial charge is 0.254 e. The maximum absolute atomic E-state index is 14.6. The first-order valence-electron chi connectivity index (χ1n) is 7.84. The average Bonchev–Trinajstić information content (AvgIpc) is 2.40. The first-order chi connectivity index (χ1) is 9.21. The van der Waals surface area contributed by atoms with Crippen LogP contribution in [0.4, 0.5) is 8.78 Å². The molecule has 0 aliphatic carbocycles. The molecule has 2 unspecified atom stereocenters. The van der Waals surface area contributed by atoms with Crippen LogP contribution in [-0.4, -0.2) is 11.6 Å². The van der Waals surface area contributed by atoms with Crippen LogP contribution in [0, 0.1) is 17.2 Å². The molecule has 0 rings (SSSR count). The molecule has 0 aromatic heterocycles. The van der Waals surface area contributed by atoms with E-state index >= 15 is 0 Å². The zero-order chi connectivity index (χ0) is 15.9. The quantitative estimate of drug-likeness (QED) is 0.485. The highest BCUT2D eigenvalue weighted by Crippen LogP contribution is 2.39. The van der Waals surface area contributed by atoms with E-state index in [9.17, 15) is 8.78 Å². The molecule has 2 atom stereocenters. The van der Waals surface area contributed by atoms with Crippen LogP contribution in [0.3, 0.4) is 0 Å². The van der Waals surface area contributed by atoms with Crippen molar-refractivity contribution < 1.29 is 8.78 Å². The molecule has 0 aliphatic heterocycles. The topological polar surface area (TPSA) is 23.9 Å². The summed E-state index contributed by atoms with van der Waals surface area (Å²) in [5, 5.41) is 7.86. The Morgan fingerprint density at radius 3 is 2.00 bits per heavy atom. The average molecular weight is 287 g/mol. The third-order valence-corrected chi connectivity index (χ3v) is 4.33. The van der Waals surface area contributed by atoms with Crippen molar-refractivity contribution in [3.63, 3.8) is 0 Å². The number of allylic oxidation sites excluding steroid dienone is 2. The fourth-order valence-electron chi connectivity index (χ4n) is 2.60. The van der Waals surface area contributed by atoms with Gasteiger partial charge in [0.1, 0.15) is 0 Å². The normalized spacial score (nSPS) is 16.6. The van der Waals surface area contributed by atoms with Gasteiger partial charge in [0, 0.05) is 18.1 Å². The SMILES string of the molecule is CCC(C)=C(C(C)=N)C(CC)C(F)(F)CCC(C)CC. The van der Waals surface area contributed by atoms with E-state index in [4.69, 9.17) is 5.41 Å². The molecule has 0 amide bonds. The Morgan fingerprint density at radius 1 is 1.10 bits per heavy atom. The summed E-state index contributed by atoms with van der Waals surface area (Å²) in [6.07, 6.45) is 2.52. The van der Waals surface area contributed by atoms with Gasteiger partial charge < -0.3 is 5.41 Å². The second kappa shape index (κ2) is 8.53. The lowest BCUT2D eigenvalue weighted by Crippen LogP contribution is -2.32. The van der Waals surface area contributed by atoms with Gasteiger partial charge in [-0.15, -0.1) is 0 Å². The van der Waals surface area contributed by atoms with Gasteiger partial charge >= 0.3 is 0 Å². The van der Waals surface area contributed by atoms with Gasteiger partial charge in [-0.1, -0.05) is 39.7 Å². The number of nitrogens with one attached hydrogen (secondary N) is 1. The predicted octanol–water partition coefficient (Wildman–Crippen LogP) is 6.24. The molecule has 0 saturated carbocycles. The lowest BCUT2D eigenvalue weighted by atomic mass is 9.81. The number of halogens is 2. The zero-order valence-electron chi connectivity index (χ0n) is 13.9. The van der Waals surface area contributed by atoms with Crippen LogP contribution < -0.4 is 0 Å². The molecule has 0 spiro atoms. The molecule has 0 saturated heterocycles. The predicted molar refractivity (Wildman–Crippen MR) is 83.8 cm³/mol. The molecule has 1 N–H and O–H groups in total. The van der Waals surface area contributed by atoms with Crippen molar-refractivity contribution in [3.05, 3.63) is 11.1 Å². The fraction of sp³-hybridized carbons (Fsp3) is 0.824. The van der Waals surface area contributed by atoms with Crippen LogP contribution in [0.5, 0.6) is 0 Å². The van der Waals surface area contributed by atoms with Crippen molar-refractivity contribution in [2.45, 2.75) is 79.6 Å². The largest absolute Gasteiger partial charge is 0.305 e. The van der Waals surface area contributed by atoms with Crippen molar-refractivity contribution in [1.82, 2.24) is 0 Å². The van der Waals surface area contributed by atoms with Crippen LogP contribution in [0.15, 0.2) is 11.1 Å². The minimum absolute atomic E-state index is 0.0751. The molecule has 20 heavy (non-hydrogen) atoms. The van der Waals surface area contributed by atoms with Gasteiger partial charge in [-0.25, -0.2) is 8.78 Å². The Hall–Kier alpha value is -0.730. The maximum Gasteiger partial charge on any atom is 0.254 e. The van der Waals surface area contributed by atoms with Crippen LogP contribution in [-0.2, 0) is 0 Å². The van der Waals surface area contributed by atoms with E-state index in [0.717, 1.165) is 18.4 Å². The Kier molecular flexibility index (Phi) is 8.22. The fourth-order valence-corrected chi connectivity index (χ4v) is 2.60. The molecule has 0 aliphatic rings. The molecule has 0 fully saturated rings. The third-order valence-electron chi connectivity index (χ3n) is 4.33. The highest BCUT2D eigenvalue weighted by atomic mass is 19.3. The Balaban J connectivity index is 5.26. The molecule has 0 aromatic rings. The Labute approximate surface area is 123 Å². The second-order valence-corrected chi connectivity index (χ2v) is 5.95. The van der Waals surface area contributed by atoms with Gasteiger partial charge in [-0.3, -0.25) is 0 Å². The van der Waals surface area contributed by atoms with Crippen LogP contribution in [0.2, 0.25) is 0 Å².